The molecule has 1 fully saturated rings. The molecule has 2 aliphatic rings. The first-order valence-corrected chi connectivity index (χ1v) is 10.3. The van der Waals surface area contributed by atoms with Crippen LogP contribution < -0.4 is 15.5 Å². The van der Waals surface area contributed by atoms with E-state index >= 15 is 0 Å². The summed E-state index contributed by atoms with van der Waals surface area (Å²) in [7, 11) is 1.73. The molecule has 0 aliphatic carbocycles. The Balaban J connectivity index is 1.58. The molecule has 0 bridgehead atoms. The number of hydrogen-bond donors (Lipinski definition) is 2. The third-order valence-corrected chi connectivity index (χ3v) is 5.87. The lowest BCUT2D eigenvalue weighted by Gasteiger charge is -2.37. The fourth-order valence-corrected chi connectivity index (χ4v) is 4.26. The second kappa shape index (κ2) is 7.60. The summed E-state index contributed by atoms with van der Waals surface area (Å²) in [5, 5.41) is 5.71. The van der Waals surface area contributed by atoms with Crippen molar-refractivity contribution in [3.05, 3.63) is 69.8 Å². The highest BCUT2D eigenvalue weighted by Crippen LogP contribution is 2.30. The smallest absolute Gasteiger partial charge is 0.329 e. The van der Waals surface area contributed by atoms with Crippen molar-refractivity contribution in [1.82, 2.24) is 10.2 Å². The van der Waals surface area contributed by atoms with Crippen LogP contribution >= 0.6 is 15.9 Å². The fraction of sp³-hybridized carbons (Fsp3) is 0.227. The maximum atomic E-state index is 13.2. The largest absolute Gasteiger partial charge is 0.366 e. The summed E-state index contributed by atoms with van der Waals surface area (Å²) in [6, 6.07) is 10.8. The quantitative estimate of drug-likeness (QED) is 0.723. The minimum atomic E-state index is -0.715. The van der Waals surface area contributed by atoms with E-state index in [-0.39, 0.29) is 11.8 Å². The molecule has 0 aromatic heterocycles. The van der Waals surface area contributed by atoms with Crippen LogP contribution in [0.2, 0.25) is 0 Å². The molecular formula is C22H21BrN4O3. The molecule has 1 saturated heterocycles. The number of likely N-dealkylation sites (N-methyl/N-ethyl adjacent to an activating group) is 1. The molecule has 30 heavy (non-hydrogen) atoms. The number of halogens is 1. The predicted molar refractivity (Wildman–Crippen MR) is 118 cm³/mol. The Labute approximate surface area is 182 Å². The van der Waals surface area contributed by atoms with E-state index in [1.165, 1.54) is 0 Å². The third-order valence-electron chi connectivity index (χ3n) is 5.38. The van der Waals surface area contributed by atoms with Gasteiger partial charge >= 0.3 is 6.03 Å². The maximum Gasteiger partial charge on any atom is 0.329 e. The number of nitrogens with zero attached hydrogens (tertiary/aromatic N) is 2. The van der Waals surface area contributed by atoms with E-state index in [0.717, 1.165) is 20.5 Å². The molecule has 0 saturated carbocycles. The SMILES string of the molecule is Cc1ccc(N2C(=O)NC3C(C(=O)Nc4ccc(Br)cc4C)=CN(C)C3C2=O)cc1. The summed E-state index contributed by atoms with van der Waals surface area (Å²) < 4.78 is 0.916. The summed E-state index contributed by atoms with van der Waals surface area (Å²) in [5.41, 5.74) is 3.44. The zero-order chi connectivity index (χ0) is 21.6. The number of rotatable bonds is 3. The van der Waals surface area contributed by atoms with Crippen LogP contribution in [0.3, 0.4) is 0 Å². The van der Waals surface area contributed by atoms with Gasteiger partial charge in [0.05, 0.1) is 17.3 Å². The van der Waals surface area contributed by atoms with Crippen LogP contribution in [0.1, 0.15) is 11.1 Å². The number of imide groups is 1. The molecule has 2 aromatic carbocycles. The van der Waals surface area contributed by atoms with Gasteiger partial charge in [-0.25, -0.2) is 9.69 Å². The molecule has 2 unspecified atom stereocenters. The fourth-order valence-electron chi connectivity index (χ4n) is 3.79. The normalized spacial score (nSPS) is 20.6. The van der Waals surface area contributed by atoms with Crippen LogP contribution in [0.5, 0.6) is 0 Å². The number of hydrogen-bond acceptors (Lipinski definition) is 4. The number of carbonyl (C=O) groups is 3. The monoisotopic (exact) mass is 468 g/mol. The maximum absolute atomic E-state index is 13.2. The van der Waals surface area contributed by atoms with E-state index in [2.05, 4.69) is 26.6 Å². The second-order valence-electron chi connectivity index (χ2n) is 7.54. The van der Waals surface area contributed by atoms with Gasteiger partial charge in [-0.1, -0.05) is 33.6 Å². The van der Waals surface area contributed by atoms with E-state index in [9.17, 15) is 14.4 Å². The Kier molecular flexibility index (Phi) is 5.11. The molecule has 0 radical (unpaired) electrons. The van der Waals surface area contributed by atoms with Crippen LogP contribution in [0.25, 0.3) is 0 Å². The van der Waals surface area contributed by atoms with Gasteiger partial charge in [0.25, 0.3) is 11.8 Å². The van der Waals surface area contributed by atoms with Crippen molar-refractivity contribution in [2.24, 2.45) is 0 Å². The Hall–Kier alpha value is -3.13. The second-order valence-corrected chi connectivity index (χ2v) is 8.46. The number of urea groups is 1. The number of anilines is 2. The molecule has 8 heteroatoms. The molecular weight excluding hydrogens is 448 g/mol. The number of fused-ring (bicyclic) bond motifs is 1. The average Bonchev–Trinajstić information content (AvgIpc) is 3.02. The van der Waals surface area contributed by atoms with Crippen molar-refractivity contribution in [2.75, 3.05) is 17.3 Å². The Morgan fingerprint density at radius 1 is 1.10 bits per heavy atom. The number of nitrogens with one attached hydrogen (secondary N) is 2. The van der Waals surface area contributed by atoms with Crippen molar-refractivity contribution in [3.63, 3.8) is 0 Å². The van der Waals surface area contributed by atoms with Gasteiger partial charge in [-0.2, -0.15) is 0 Å². The van der Waals surface area contributed by atoms with Crippen molar-refractivity contribution in [1.29, 1.82) is 0 Å². The first kappa shape index (κ1) is 20.2. The summed E-state index contributed by atoms with van der Waals surface area (Å²) in [6.07, 6.45) is 1.62. The number of aryl methyl sites for hydroxylation is 2. The van der Waals surface area contributed by atoms with Crippen molar-refractivity contribution >= 4 is 45.2 Å². The Bertz CT molecular complexity index is 1080. The van der Waals surface area contributed by atoms with Gasteiger partial charge in [-0.05, 0) is 49.7 Å². The van der Waals surface area contributed by atoms with E-state index in [4.69, 9.17) is 0 Å². The zero-order valence-corrected chi connectivity index (χ0v) is 18.4. The van der Waals surface area contributed by atoms with Gasteiger partial charge in [0.2, 0.25) is 0 Å². The molecule has 7 nitrogen and oxygen atoms in total. The third kappa shape index (κ3) is 3.47. The molecule has 4 amide bonds. The van der Waals surface area contributed by atoms with Crippen LogP contribution in [-0.2, 0) is 9.59 Å². The first-order chi connectivity index (χ1) is 14.3. The molecule has 2 aromatic rings. The van der Waals surface area contributed by atoms with E-state index < -0.39 is 18.1 Å². The lowest BCUT2D eigenvalue weighted by Crippen LogP contribution is -2.65. The van der Waals surface area contributed by atoms with Crippen molar-refractivity contribution < 1.29 is 14.4 Å². The molecule has 154 valence electrons. The highest BCUT2D eigenvalue weighted by Gasteiger charge is 2.49. The summed E-state index contributed by atoms with van der Waals surface area (Å²) in [5.74, 6) is -0.717. The Morgan fingerprint density at radius 3 is 2.47 bits per heavy atom. The predicted octanol–water partition coefficient (Wildman–Crippen LogP) is 3.33. The highest BCUT2D eigenvalue weighted by atomic mass is 79.9. The highest BCUT2D eigenvalue weighted by molar-refractivity contribution is 9.10. The van der Waals surface area contributed by atoms with E-state index in [0.29, 0.717) is 16.9 Å². The average molecular weight is 469 g/mol. The van der Waals surface area contributed by atoms with Crippen molar-refractivity contribution in [2.45, 2.75) is 25.9 Å². The van der Waals surface area contributed by atoms with E-state index in [1.54, 1.807) is 36.3 Å². The lowest BCUT2D eigenvalue weighted by atomic mass is 9.98. The number of amides is 4. The first-order valence-electron chi connectivity index (χ1n) is 9.48. The summed E-state index contributed by atoms with van der Waals surface area (Å²) >= 11 is 3.40. The van der Waals surface area contributed by atoms with Gasteiger partial charge in [0, 0.05) is 23.4 Å². The van der Waals surface area contributed by atoms with E-state index in [1.807, 2.05) is 38.1 Å². The van der Waals surface area contributed by atoms with Crippen LogP contribution in [0, 0.1) is 13.8 Å². The summed E-state index contributed by atoms with van der Waals surface area (Å²) in [6.45, 7) is 3.83. The molecule has 4 rings (SSSR count). The molecule has 2 N–H and O–H groups in total. The molecule has 0 spiro atoms. The molecule has 2 atom stereocenters. The zero-order valence-electron chi connectivity index (χ0n) is 16.8. The number of benzene rings is 2. The molecule has 2 heterocycles. The topological polar surface area (TPSA) is 81.8 Å². The standard InChI is InChI=1S/C22H21BrN4O3/c1-12-4-7-15(8-5-12)27-21(29)19-18(25-22(27)30)16(11-26(19)3)20(28)24-17-9-6-14(23)10-13(17)2/h4-11,18-19H,1-3H3,(H,24,28)(H,25,30). The number of carbonyl (C=O) groups excluding carboxylic acids is 3. The van der Waals surface area contributed by atoms with Gasteiger partial charge in [-0.3, -0.25) is 9.59 Å². The summed E-state index contributed by atoms with van der Waals surface area (Å²) in [4.78, 5) is 41.7. The van der Waals surface area contributed by atoms with Crippen molar-refractivity contribution in [3.8, 4) is 0 Å². The minimum absolute atomic E-state index is 0.343. The Morgan fingerprint density at radius 2 is 1.80 bits per heavy atom. The van der Waals surface area contributed by atoms with Crippen LogP contribution in [0.15, 0.2) is 58.7 Å². The van der Waals surface area contributed by atoms with Crippen LogP contribution in [-0.4, -0.2) is 41.9 Å². The van der Waals surface area contributed by atoms with Gasteiger partial charge in [-0.15, -0.1) is 0 Å². The molecule has 2 aliphatic heterocycles. The van der Waals surface area contributed by atoms with Crippen LogP contribution in [0.4, 0.5) is 16.2 Å². The van der Waals surface area contributed by atoms with Gasteiger partial charge < -0.3 is 15.5 Å². The minimum Gasteiger partial charge on any atom is -0.366 e. The lowest BCUT2D eigenvalue weighted by molar-refractivity contribution is -0.122. The van der Waals surface area contributed by atoms with Gasteiger partial charge in [0.1, 0.15) is 6.04 Å². The van der Waals surface area contributed by atoms with Gasteiger partial charge in [0.15, 0.2) is 0 Å².